The van der Waals surface area contributed by atoms with Crippen LogP contribution in [0, 0.1) is 6.92 Å². The number of rotatable bonds is 4. The zero-order valence-electron chi connectivity index (χ0n) is 10.9. The zero-order chi connectivity index (χ0) is 13.0. The Balaban J connectivity index is 2.05. The van der Waals surface area contributed by atoms with Crippen LogP contribution in [0.4, 0.5) is 0 Å². The van der Waals surface area contributed by atoms with Gasteiger partial charge in [-0.15, -0.1) is 0 Å². The average molecular weight is 250 g/mol. The van der Waals surface area contributed by atoms with E-state index in [1.165, 1.54) is 32.1 Å². The van der Waals surface area contributed by atoms with Gasteiger partial charge >= 0.3 is 0 Å². The van der Waals surface area contributed by atoms with Gasteiger partial charge in [0.05, 0.1) is 12.3 Å². The molecule has 0 radical (unpaired) electrons. The quantitative estimate of drug-likeness (QED) is 0.765. The molecule has 1 aromatic rings. The third kappa shape index (κ3) is 3.00. The number of hydrogen-bond acceptors (Lipinski definition) is 4. The second-order valence-corrected chi connectivity index (χ2v) is 5.07. The van der Waals surface area contributed by atoms with Gasteiger partial charge in [-0.2, -0.15) is 0 Å². The monoisotopic (exact) mass is 250 g/mol. The maximum Gasteiger partial charge on any atom is 0.141 e. The molecule has 1 aromatic heterocycles. The van der Waals surface area contributed by atoms with E-state index in [4.69, 9.17) is 0 Å². The molecule has 0 bridgehead atoms. The molecular formula is C14H22N2O2. The van der Waals surface area contributed by atoms with Crippen molar-refractivity contribution in [2.24, 2.45) is 0 Å². The van der Waals surface area contributed by atoms with E-state index in [0.29, 0.717) is 23.8 Å². The van der Waals surface area contributed by atoms with Crippen molar-refractivity contribution >= 4 is 0 Å². The van der Waals surface area contributed by atoms with Crippen LogP contribution in [0.3, 0.4) is 0 Å². The molecule has 4 heteroatoms. The van der Waals surface area contributed by atoms with Crippen LogP contribution in [-0.2, 0) is 13.2 Å². The first-order valence-corrected chi connectivity index (χ1v) is 6.73. The Kier molecular flexibility index (Phi) is 4.55. The fourth-order valence-electron chi connectivity index (χ4n) is 2.57. The zero-order valence-corrected chi connectivity index (χ0v) is 10.9. The normalized spacial score (nSPS) is 17.0. The van der Waals surface area contributed by atoms with Crippen molar-refractivity contribution in [3.05, 3.63) is 23.0 Å². The first-order valence-electron chi connectivity index (χ1n) is 6.73. The first-order chi connectivity index (χ1) is 8.72. The van der Waals surface area contributed by atoms with Crippen molar-refractivity contribution in [3.63, 3.8) is 0 Å². The van der Waals surface area contributed by atoms with Crippen LogP contribution in [0.1, 0.15) is 48.9 Å². The van der Waals surface area contributed by atoms with Crippen LogP contribution in [0.15, 0.2) is 6.20 Å². The molecule has 1 fully saturated rings. The molecule has 100 valence electrons. The number of aromatic nitrogens is 1. The molecule has 4 nitrogen and oxygen atoms in total. The van der Waals surface area contributed by atoms with Crippen molar-refractivity contribution in [1.29, 1.82) is 0 Å². The van der Waals surface area contributed by atoms with Gasteiger partial charge in [-0.05, 0) is 19.8 Å². The molecule has 18 heavy (non-hydrogen) atoms. The van der Waals surface area contributed by atoms with E-state index < -0.39 is 0 Å². The van der Waals surface area contributed by atoms with E-state index in [9.17, 15) is 10.2 Å². The summed E-state index contributed by atoms with van der Waals surface area (Å²) >= 11 is 0. The molecule has 1 heterocycles. The van der Waals surface area contributed by atoms with Crippen molar-refractivity contribution < 1.29 is 10.2 Å². The number of aliphatic hydroxyl groups excluding tert-OH is 1. The van der Waals surface area contributed by atoms with Gasteiger partial charge < -0.3 is 15.5 Å². The van der Waals surface area contributed by atoms with Crippen molar-refractivity contribution in [2.75, 3.05) is 0 Å². The second kappa shape index (κ2) is 6.16. The molecule has 0 spiro atoms. The Morgan fingerprint density at radius 3 is 2.72 bits per heavy atom. The van der Waals surface area contributed by atoms with Gasteiger partial charge in [-0.3, -0.25) is 4.98 Å². The van der Waals surface area contributed by atoms with E-state index in [0.717, 1.165) is 5.56 Å². The van der Waals surface area contributed by atoms with Crippen molar-refractivity contribution in [1.82, 2.24) is 10.3 Å². The van der Waals surface area contributed by atoms with Crippen molar-refractivity contribution in [2.45, 2.75) is 58.2 Å². The lowest BCUT2D eigenvalue weighted by atomic mass is 9.95. The maximum atomic E-state index is 10.0. The number of pyridine rings is 1. The number of aliphatic hydroxyl groups is 1. The van der Waals surface area contributed by atoms with Crippen LogP contribution >= 0.6 is 0 Å². The number of aryl methyl sites for hydroxylation is 1. The van der Waals surface area contributed by atoms with Crippen LogP contribution in [-0.4, -0.2) is 21.2 Å². The lowest BCUT2D eigenvalue weighted by Crippen LogP contribution is -2.30. The molecule has 0 aromatic carbocycles. The van der Waals surface area contributed by atoms with Gasteiger partial charge in [-0.25, -0.2) is 0 Å². The summed E-state index contributed by atoms with van der Waals surface area (Å²) in [5.41, 5.74) is 2.12. The molecule has 0 aliphatic heterocycles. The summed E-state index contributed by atoms with van der Waals surface area (Å²) in [6.07, 6.45) is 7.96. The van der Waals surface area contributed by atoms with Gasteiger partial charge in [-0.1, -0.05) is 19.3 Å². The van der Waals surface area contributed by atoms with Gasteiger partial charge in [0.15, 0.2) is 0 Å². The van der Waals surface area contributed by atoms with E-state index in [-0.39, 0.29) is 12.4 Å². The lowest BCUT2D eigenvalue weighted by molar-refractivity contribution is 0.277. The highest BCUT2D eigenvalue weighted by Crippen LogP contribution is 2.25. The third-order valence-corrected chi connectivity index (χ3v) is 3.77. The summed E-state index contributed by atoms with van der Waals surface area (Å²) in [6, 6.07) is 0.540. The molecule has 0 atom stereocenters. The topological polar surface area (TPSA) is 65.4 Å². The number of hydrogen-bond donors (Lipinski definition) is 3. The predicted molar refractivity (Wildman–Crippen MR) is 70.3 cm³/mol. The summed E-state index contributed by atoms with van der Waals surface area (Å²) in [6.45, 7) is 2.30. The molecule has 3 N–H and O–H groups in total. The van der Waals surface area contributed by atoms with Crippen LogP contribution in [0.25, 0.3) is 0 Å². The fraction of sp³-hybridized carbons (Fsp3) is 0.643. The highest BCUT2D eigenvalue weighted by atomic mass is 16.3. The molecule has 1 saturated carbocycles. The summed E-state index contributed by atoms with van der Waals surface area (Å²) in [7, 11) is 0. The standard InChI is InChI=1S/C14H22N2O2/c1-10-14(18)13(11(9-17)7-15-10)8-16-12-5-3-2-4-6-12/h7,12,16-18H,2-6,8-9H2,1H3. The van der Waals surface area contributed by atoms with Crippen LogP contribution < -0.4 is 5.32 Å². The van der Waals surface area contributed by atoms with Gasteiger partial charge in [0.1, 0.15) is 5.75 Å². The average Bonchev–Trinajstić information content (AvgIpc) is 2.41. The van der Waals surface area contributed by atoms with Crippen LogP contribution in [0.2, 0.25) is 0 Å². The summed E-state index contributed by atoms with van der Waals surface area (Å²) in [4.78, 5) is 4.07. The molecule has 0 amide bonds. The van der Waals surface area contributed by atoms with Gasteiger partial charge in [0, 0.05) is 29.9 Å². The molecule has 0 unspecified atom stereocenters. The Hall–Kier alpha value is -1.13. The highest BCUT2D eigenvalue weighted by molar-refractivity contribution is 5.40. The molecular weight excluding hydrogens is 228 g/mol. The summed E-state index contributed by atoms with van der Waals surface area (Å²) in [5.74, 6) is 0.213. The summed E-state index contributed by atoms with van der Waals surface area (Å²) in [5, 5.41) is 22.8. The molecule has 1 aliphatic rings. The highest BCUT2D eigenvalue weighted by Gasteiger charge is 2.15. The number of nitrogens with zero attached hydrogens (tertiary/aromatic N) is 1. The van der Waals surface area contributed by atoms with Crippen molar-refractivity contribution in [3.8, 4) is 5.75 Å². The Morgan fingerprint density at radius 2 is 2.06 bits per heavy atom. The lowest BCUT2D eigenvalue weighted by Gasteiger charge is -2.23. The Bertz CT molecular complexity index is 401. The molecule has 2 rings (SSSR count). The first kappa shape index (κ1) is 13.3. The predicted octanol–water partition coefficient (Wildman–Crippen LogP) is 2.01. The van der Waals surface area contributed by atoms with Crippen LogP contribution in [0.5, 0.6) is 5.75 Å². The molecule has 0 saturated heterocycles. The van der Waals surface area contributed by atoms with E-state index in [1.54, 1.807) is 13.1 Å². The van der Waals surface area contributed by atoms with E-state index in [1.807, 2.05) is 0 Å². The minimum Gasteiger partial charge on any atom is -0.506 e. The third-order valence-electron chi connectivity index (χ3n) is 3.77. The van der Waals surface area contributed by atoms with Gasteiger partial charge in [0.25, 0.3) is 0 Å². The maximum absolute atomic E-state index is 10.0. The Morgan fingerprint density at radius 1 is 1.33 bits per heavy atom. The number of aromatic hydroxyl groups is 1. The fourth-order valence-corrected chi connectivity index (χ4v) is 2.57. The van der Waals surface area contributed by atoms with E-state index in [2.05, 4.69) is 10.3 Å². The minimum absolute atomic E-state index is 0.0808. The van der Waals surface area contributed by atoms with Gasteiger partial charge in [0.2, 0.25) is 0 Å². The second-order valence-electron chi connectivity index (χ2n) is 5.07. The Labute approximate surface area is 108 Å². The molecule has 1 aliphatic carbocycles. The smallest absolute Gasteiger partial charge is 0.141 e. The summed E-state index contributed by atoms with van der Waals surface area (Å²) < 4.78 is 0. The number of nitrogens with one attached hydrogen (secondary N) is 1. The van der Waals surface area contributed by atoms with E-state index >= 15 is 0 Å². The SMILES string of the molecule is Cc1ncc(CO)c(CNC2CCCCC2)c1O. The largest absolute Gasteiger partial charge is 0.506 e. The minimum atomic E-state index is -0.0808.